The Kier molecular flexibility index (Phi) is 4.01. The van der Waals surface area contributed by atoms with E-state index in [9.17, 15) is 4.79 Å². The molecule has 0 radical (unpaired) electrons. The molecule has 3 rings (SSSR count). The Labute approximate surface area is 122 Å². The van der Waals surface area contributed by atoms with Crippen molar-refractivity contribution in [3.8, 4) is 0 Å². The molecule has 1 aromatic heterocycles. The van der Waals surface area contributed by atoms with Gasteiger partial charge < -0.3 is 14.4 Å². The third-order valence-electron chi connectivity index (χ3n) is 3.86. The quantitative estimate of drug-likeness (QED) is 0.877. The predicted molar refractivity (Wildman–Crippen MR) is 79.4 cm³/mol. The number of aliphatic hydroxyl groups is 1. The number of carbonyl (C=O) groups is 1. The number of fused-ring (bicyclic) bond motifs is 1. The molecule has 1 saturated heterocycles. The van der Waals surface area contributed by atoms with E-state index in [0.717, 1.165) is 18.4 Å². The van der Waals surface area contributed by atoms with Crippen molar-refractivity contribution in [3.05, 3.63) is 36.2 Å². The molecular weight excluding hydrogens is 268 g/mol. The molecule has 1 aliphatic rings. The number of para-hydroxylation sites is 2. The molecule has 1 fully saturated rings. The third kappa shape index (κ3) is 3.13. The monoisotopic (exact) mass is 286 g/mol. The maximum Gasteiger partial charge on any atom is 0.246 e. The molecule has 5 nitrogen and oxygen atoms in total. The lowest BCUT2D eigenvalue weighted by Crippen LogP contribution is -2.38. The van der Waals surface area contributed by atoms with Crippen molar-refractivity contribution in [1.29, 1.82) is 0 Å². The molecule has 2 heterocycles. The summed E-state index contributed by atoms with van der Waals surface area (Å²) in [5.74, 6) is 0.735. The van der Waals surface area contributed by atoms with Crippen molar-refractivity contribution in [2.24, 2.45) is 5.92 Å². The zero-order chi connectivity index (χ0) is 14.7. The summed E-state index contributed by atoms with van der Waals surface area (Å²) in [6.07, 6.45) is 4.84. The standard InChI is InChI=1S/C16H18N2O3/c19-11-12-7-9-18(10-8-12)16(20)6-5-15-17-13-3-1-2-4-14(13)21-15/h1-6,12,19H,7-11H2/b6-5+. The highest BCUT2D eigenvalue weighted by Crippen LogP contribution is 2.18. The van der Waals surface area contributed by atoms with Crippen molar-refractivity contribution < 1.29 is 14.3 Å². The van der Waals surface area contributed by atoms with Crippen LogP contribution in [0, 0.1) is 5.92 Å². The zero-order valence-electron chi connectivity index (χ0n) is 11.7. The minimum absolute atomic E-state index is 0.0337. The van der Waals surface area contributed by atoms with Crippen LogP contribution in [0.1, 0.15) is 18.7 Å². The van der Waals surface area contributed by atoms with Crippen molar-refractivity contribution in [1.82, 2.24) is 9.88 Å². The highest BCUT2D eigenvalue weighted by molar-refractivity contribution is 5.91. The number of amides is 1. The Bertz CT molecular complexity index is 621. The Morgan fingerprint density at radius 2 is 2.14 bits per heavy atom. The lowest BCUT2D eigenvalue weighted by Gasteiger charge is -2.30. The Hall–Kier alpha value is -2.14. The van der Waals surface area contributed by atoms with Gasteiger partial charge in [0.05, 0.1) is 0 Å². The number of piperidine rings is 1. The van der Waals surface area contributed by atoms with E-state index in [1.807, 2.05) is 24.3 Å². The molecule has 1 N–H and O–H groups in total. The molecule has 21 heavy (non-hydrogen) atoms. The van der Waals surface area contributed by atoms with Crippen molar-refractivity contribution in [2.45, 2.75) is 12.8 Å². The first-order valence-electron chi connectivity index (χ1n) is 7.19. The lowest BCUT2D eigenvalue weighted by atomic mass is 9.98. The van der Waals surface area contributed by atoms with Gasteiger partial charge >= 0.3 is 0 Å². The first-order valence-corrected chi connectivity index (χ1v) is 7.19. The second-order valence-electron chi connectivity index (χ2n) is 5.30. The molecule has 110 valence electrons. The van der Waals surface area contributed by atoms with Gasteiger partial charge in [0.2, 0.25) is 11.8 Å². The molecule has 0 unspecified atom stereocenters. The normalized spacial score (nSPS) is 16.9. The first kappa shape index (κ1) is 13.8. The average Bonchev–Trinajstić information content (AvgIpc) is 2.95. The Morgan fingerprint density at radius 1 is 1.38 bits per heavy atom. The maximum absolute atomic E-state index is 12.1. The van der Waals surface area contributed by atoms with E-state index >= 15 is 0 Å². The van der Waals surface area contributed by atoms with Crippen LogP contribution in [0.5, 0.6) is 0 Å². The molecule has 1 aliphatic heterocycles. The van der Waals surface area contributed by atoms with Gasteiger partial charge in [-0.25, -0.2) is 4.98 Å². The Balaban J connectivity index is 1.64. The molecule has 0 aliphatic carbocycles. The summed E-state index contributed by atoms with van der Waals surface area (Å²) in [4.78, 5) is 18.2. The minimum atomic E-state index is -0.0337. The van der Waals surface area contributed by atoms with Crippen molar-refractivity contribution >= 4 is 23.1 Å². The molecule has 2 aromatic rings. The molecule has 1 aromatic carbocycles. The highest BCUT2D eigenvalue weighted by atomic mass is 16.3. The van der Waals surface area contributed by atoms with E-state index in [0.29, 0.717) is 30.5 Å². The fourth-order valence-electron chi connectivity index (χ4n) is 2.55. The van der Waals surface area contributed by atoms with Gasteiger partial charge in [-0.05, 0) is 30.9 Å². The van der Waals surface area contributed by atoms with E-state index in [-0.39, 0.29) is 12.5 Å². The van der Waals surface area contributed by atoms with Gasteiger partial charge in [-0.3, -0.25) is 4.79 Å². The number of nitrogens with zero attached hydrogens (tertiary/aromatic N) is 2. The van der Waals surface area contributed by atoms with Crippen molar-refractivity contribution in [3.63, 3.8) is 0 Å². The van der Waals surface area contributed by atoms with Gasteiger partial charge in [0.1, 0.15) is 5.52 Å². The first-order chi connectivity index (χ1) is 10.3. The van der Waals surface area contributed by atoms with Crippen LogP contribution in [-0.4, -0.2) is 40.6 Å². The van der Waals surface area contributed by atoms with E-state index in [1.54, 1.807) is 11.0 Å². The second kappa shape index (κ2) is 6.10. The molecule has 5 heteroatoms. The number of likely N-dealkylation sites (tertiary alicyclic amines) is 1. The fourth-order valence-corrected chi connectivity index (χ4v) is 2.55. The number of carbonyl (C=O) groups excluding carboxylic acids is 1. The zero-order valence-corrected chi connectivity index (χ0v) is 11.7. The summed E-state index contributed by atoms with van der Waals surface area (Å²) in [5.41, 5.74) is 1.50. The van der Waals surface area contributed by atoms with Crippen LogP contribution in [0.15, 0.2) is 34.8 Å². The number of aliphatic hydroxyl groups excluding tert-OH is 1. The summed E-state index contributed by atoms with van der Waals surface area (Å²) in [7, 11) is 0. The van der Waals surface area contributed by atoms with Crippen LogP contribution in [0.25, 0.3) is 17.2 Å². The largest absolute Gasteiger partial charge is 0.437 e. The summed E-state index contributed by atoms with van der Waals surface area (Å²) in [6, 6.07) is 7.51. The molecule has 0 spiro atoms. The van der Waals surface area contributed by atoms with Gasteiger partial charge in [-0.2, -0.15) is 0 Å². The van der Waals surface area contributed by atoms with Crippen LogP contribution < -0.4 is 0 Å². The summed E-state index contributed by atoms with van der Waals surface area (Å²) in [6.45, 7) is 1.60. The number of benzene rings is 1. The molecule has 0 saturated carbocycles. The molecule has 0 bridgehead atoms. The van der Waals surface area contributed by atoms with Gasteiger partial charge in [0.25, 0.3) is 0 Å². The minimum Gasteiger partial charge on any atom is -0.437 e. The van der Waals surface area contributed by atoms with Gasteiger partial charge in [0.15, 0.2) is 5.58 Å². The maximum atomic E-state index is 12.1. The number of oxazole rings is 1. The average molecular weight is 286 g/mol. The summed E-state index contributed by atoms with van der Waals surface area (Å²) < 4.78 is 5.54. The topological polar surface area (TPSA) is 66.6 Å². The molecule has 0 atom stereocenters. The van der Waals surface area contributed by atoms with Crippen LogP contribution >= 0.6 is 0 Å². The number of hydrogen-bond acceptors (Lipinski definition) is 4. The number of hydrogen-bond donors (Lipinski definition) is 1. The van der Waals surface area contributed by atoms with Gasteiger partial charge in [0, 0.05) is 31.8 Å². The third-order valence-corrected chi connectivity index (χ3v) is 3.86. The van der Waals surface area contributed by atoms with E-state index in [1.165, 1.54) is 6.08 Å². The van der Waals surface area contributed by atoms with Gasteiger partial charge in [-0.15, -0.1) is 0 Å². The van der Waals surface area contributed by atoms with Gasteiger partial charge in [-0.1, -0.05) is 12.1 Å². The van der Waals surface area contributed by atoms with E-state index < -0.39 is 0 Å². The summed E-state index contributed by atoms with van der Waals surface area (Å²) in [5, 5.41) is 9.10. The molecular formula is C16H18N2O3. The Morgan fingerprint density at radius 3 is 2.86 bits per heavy atom. The van der Waals surface area contributed by atoms with E-state index in [2.05, 4.69) is 4.98 Å². The van der Waals surface area contributed by atoms with Crippen LogP contribution in [0.3, 0.4) is 0 Å². The smallest absolute Gasteiger partial charge is 0.246 e. The summed E-state index contributed by atoms with van der Waals surface area (Å²) >= 11 is 0. The number of rotatable bonds is 3. The second-order valence-corrected chi connectivity index (χ2v) is 5.30. The fraction of sp³-hybridized carbons (Fsp3) is 0.375. The van der Waals surface area contributed by atoms with Crippen LogP contribution in [0.2, 0.25) is 0 Å². The van der Waals surface area contributed by atoms with Crippen LogP contribution in [-0.2, 0) is 4.79 Å². The van der Waals surface area contributed by atoms with E-state index in [4.69, 9.17) is 9.52 Å². The SMILES string of the molecule is O=C(/C=C/c1nc2ccccc2o1)N1CCC(CO)CC1. The lowest BCUT2D eigenvalue weighted by molar-refractivity contribution is -0.127. The van der Waals surface area contributed by atoms with Crippen molar-refractivity contribution in [2.75, 3.05) is 19.7 Å². The molecule has 1 amide bonds. The highest BCUT2D eigenvalue weighted by Gasteiger charge is 2.20. The predicted octanol–water partition coefficient (Wildman–Crippen LogP) is 2.07. The number of aromatic nitrogens is 1. The van der Waals surface area contributed by atoms with Crippen LogP contribution in [0.4, 0.5) is 0 Å².